The summed E-state index contributed by atoms with van der Waals surface area (Å²) in [5.41, 5.74) is 5.84. The number of carbonyl (C=O) groups excluding carboxylic acids is 2. The van der Waals surface area contributed by atoms with Gasteiger partial charge in [-0.1, -0.05) is 48.7 Å². The third-order valence-electron chi connectivity index (χ3n) is 8.48. The van der Waals surface area contributed by atoms with Crippen LogP contribution in [0.15, 0.2) is 67.9 Å². The zero-order valence-corrected chi connectivity index (χ0v) is 33.2. The van der Waals surface area contributed by atoms with Crippen molar-refractivity contribution in [3.05, 3.63) is 92.5 Å². The van der Waals surface area contributed by atoms with Crippen molar-refractivity contribution < 1.29 is 61.0 Å². The topological polar surface area (TPSA) is 76.7 Å². The van der Waals surface area contributed by atoms with Gasteiger partial charge in [0.15, 0.2) is 0 Å². The van der Waals surface area contributed by atoms with E-state index in [9.17, 15) is 9.59 Å². The van der Waals surface area contributed by atoms with Crippen LogP contribution < -0.4 is 72.2 Å². The van der Waals surface area contributed by atoms with Gasteiger partial charge in [0.25, 0.3) is 0 Å². The normalized spacial score (nSPS) is 18.0. The molecule has 2 aromatic rings. The smallest absolute Gasteiger partial charge is 0.389 e. The molecule has 4 rings (SSSR count). The summed E-state index contributed by atoms with van der Waals surface area (Å²) >= 11 is 1.96. The fourth-order valence-corrected chi connectivity index (χ4v) is 7.04. The second-order valence-corrected chi connectivity index (χ2v) is 13.3. The first-order valence-electron chi connectivity index (χ1n) is 15.8. The van der Waals surface area contributed by atoms with E-state index in [1.165, 1.54) is 36.9 Å². The van der Waals surface area contributed by atoms with E-state index in [0.717, 1.165) is 48.8 Å². The van der Waals surface area contributed by atoms with Crippen molar-refractivity contribution in [1.82, 2.24) is 14.9 Å². The fourth-order valence-electron chi connectivity index (χ4n) is 5.85. The number of hydrogen-bond acceptors (Lipinski definition) is 7. The van der Waals surface area contributed by atoms with E-state index < -0.39 is 0 Å². The van der Waals surface area contributed by atoms with Crippen LogP contribution in [0.5, 0.6) is 0 Å². The van der Waals surface area contributed by atoms with Crippen molar-refractivity contribution in [2.24, 2.45) is 0 Å². The number of likely N-dealkylation sites (N-methyl/N-ethyl adjacent to an activating group) is 1. The van der Waals surface area contributed by atoms with Gasteiger partial charge in [-0.05, 0) is 70.6 Å². The van der Waals surface area contributed by atoms with Gasteiger partial charge in [-0.2, -0.15) is 23.8 Å². The van der Waals surface area contributed by atoms with Gasteiger partial charge in [0.1, 0.15) is 6.04 Å². The Bertz CT molecular complexity index is 1240. The number of allylic oxidation sites excluding steroid dienone is 1. The van der Waals surface area contributed by atoms with Crippen LogP contribution in [-0.2, 0) is 15.3 Å². The minimum Gasteiger partial charge on any atom is -0.389 e. The molecule has 3 N–H and O–H groups in total. The van der Waals surface area contributed by atoms with Crippen molar-refractivity contribution in [2.45, 2.75) is 89.0 Å². The summed E-state index contributed by atoms with van der Waals surface area (Å²) in [5.74, 6) is 0.898. The number of nitrogens with zero attached hydrogens (tertiary/aromatic N) is 2. The zero-order valence-electron chi connectivity index (χ0n) is 29.2. The molecular weight excluding hydrogens is 618 g/mol. The molecule has 2 fully saturated rings. The molecule has 248 valence electrons. The van der Waals surface area contributed by atoms with Crippen LogP contribution in [0.3, 0.4) is 0 Å². The SMILES string of the molecule is C=C.C=C(C)NCCC(CCNc1cccc(CSN2CCCCC2(C)C)c1)c1c[c-]c(N(C)C2CCC(=O)NC2=O)cc1.[CH3-].[K+]. The number of benzene rings is 2. The summed E-state index contributed by atoms with van der Waals surface area (Å²) in [4.78, 5) is 25.8. The fraction of sp³-hybridized carbons (Fsp3) is 0.486. The molecule has 2 saturated heterocycles. The Morgan fingerprint density at radius 1 is 1.17 bits per heavy atom. The van der Waals surface area contributed by atoms with Crippen LogP contribution in [0.2, 0.25) is 0 Å². The number of carbonyl (C=O) groups is 2. The maximum absolute atomic E-state index is 12.3. The molecule has 2 amide bonds. The maximum atomic E-state index is 12.3. The molecule has 0 aliphatic carbocycles. The van der Waals surface area contributed by atoms with Gasteiger partial charge >= 0.3 is 51.4 Å². The Morgan fingerprint density at radius 2 is 1.91 bits per heavy atom. The van der Waals surface area contributed by atoms with Gasteiger partial charge in [-0.3, -0.25) is 14.9 Å². The second kappa shape index (κ2) is 21.4. The quantitative estimate of drug-likeness (QED) is 0.0898. The third-order valence-corrected chi connectivity index (χ3v) is 9.93. The largest absolute Gasteiger partial charge is 1.00 e. The van der Waals surface area contributed by atoms with Crippen molar-refractivity contribution in [2.75, 3.05) is 36.9 Å². The van der Waals surface area contributed by atoms with Crippen molar-refractivity contribution in [3.63, 3.8) is 0 Å². The van der Waals surface area contributed by atoms with E-state index in [-0.39, 0.29) is 82.2 Å². The molecule has 2 aromatic carbocycles. The summed E-state index contributed by atoms with van der Waals surface area (Å²) in [6.07, 6.45) is 6.73. The van der Waals surface area contributed by atoms with Crippen LogP contribution in [0, 0.1) is 13.5 Å². The van der Waals surface area contributed by atoms with Crippen LogP contribution in [0.1, 0.15) is 82.8 Å². The number of amides is 2. The van der Waals surface area contributed by atoms with E-state index in [0.29, 0.717) is 18.8 Å². The number of rotatable bonds is 14. The molecule has 2 aliphatic rings. The van der Waals surface area contributed by atoms with Gasteiger partial charge < -0.3 is 23.0 Å². The van der Waals surface area contributed by atoms with E-state index in [1.807, 2.05) is 36.9 Å². The van der Waals surface area contributed by atoms with E-state index in [4.69, 9.17) is 0 Å². The van der Waals surface area contributed by atoms with E-state index in [2.05, 4.69) is 96.3 Å². The molecule has 2 unspecified atom stereocenters. The average Bonchev–Trinajstić information content (AvgIpc) is 3.00. The number of nitrogens with one attached hydrogen (secondary N) is 3. The molecule has 2 atom stereocenters. The van der Waals surface area contributed by atoms with Gasteiger partial charge in [-0.15, -0.1) is 19.2 Å². The summed E-state index contributed by atoms with van der Waals surface area (Å²) < 4.78 is 2.57. The predicted octanol–water partition coefficient (Wildman–Crippen LogP) is 4.50. The first kappa shape index (κ1) is 42.4. The van der Waals surface area contributed by atoms with Crippen molar-refractivity contribution >= 4 is 35.1 Å². The maximum Gasteiger partial charge on any atom is 1.00 e. The van der Waals surface area contributed by atoms with Gasteiger partial charge in [-0.25, -0.2) is 4.31 Å². The minimum atomic E-state index is -0.356. The molecule has 0 bridgehead atoms. The summed E-state index contributed by atoms with van der Waals surface area (Å²) in [7, 11) is 1.89. The monoisotopic (exact) mass is 672 g/mol. The number of piperidine rings is 2. The zero-order chi connectivity index (χ0) is 32.1. The number of imide groups is 1. The second-order valence-electron chi connectivity index (χ2n) is 12.3. The van der Waals surface area contributed by atoms with Gasteiger partial charge in [0.05, 0.1) is 0 Å². The first-order chi connectivity index (χ1) is 21.1. The third kappa shape index (κ3) is 13.1. The van der Waals surface area contributed by atoms with E-state index in [1.54, 1.807) is 0 Å². The Labute approximate surface area is 326 Å². The molecule has 2 heterocycles. The van der Waals surface area contributed by atoms with Crippen molar-refractivity contribution in [1.29, 1.82) is 0 Å². The molecular formula is C37H55KN5O2S-. The van der Waals surface area contributed by atoms with Crippen LogP contribution in [0.25, 0.3) is 0 Å². The summed E-state index contributed by atoms with van der Waals surface area (Å²) in [6.45, 7) is 19.6. The van der Waals surface area contributed by atoms with Crippen LogP contribution in [-0.4, -0.2) is 54.4 Å². The summed E-state index contributed by atoms with van der Waals surface area (Å²) in [6, 6.07) is 18.1. The summed E-state index contributed by atoms with van der Waals surface area (Å²) in [5, 5.41) is 9.50. The standard InChI is InChI=1S/C34H48N5O2S.C2H4.CH3.K/c1-25(2)35-20-17-28(27-11-13-30(14-12-27)38(5)31-15-16-32(40)37-33(31)41)18-21-36-29-10-8-9-26(23-29)24-42-39-22-7-6-19-34(39,3)4;1-2;;/h8-13,23,28,31,35-36H,1,6-7,15-22,24H2,2-5H3,(H,37,40,41);1-2H2;1H3;/q-1;;-1;+1. The molecule has 0 saturated carbocycles. The molecule has 7 nitrogen and oxygen atoms in total. The number of anilines is 2. The van der Waals surface area contributed by atoms with Crippen LogP contribution >= 0.6 is 11.9 Å². The van der Waals surface area contributed by atoms with Gasteiger partial charge in [0.2, 0.25) is 11.8 Å². The molecule has 0 aromatic heterocycles. The Balaban J connectivity index is 0.00000259. The Morgan fingerprint density at radius 3 is 2.57 bits per heavy atom. The Hall–Kier alpha value is -1.59. The van der Waals surface area contributed by atoms with Gasteiger partial charge in [0, 0.05) is 55.8 Å². The minimum absolute atomic E-state index is 0. The Kier molecular flexibility index (Phi) is 19.7. The average molecular weight is 673 g/mol. The first-order valence-corrected chi connectivity index (χ1v) is 16.8. The molecule has 0 spiro atoms. The number of hydrogen-bond donors (Lipinski definition) is 3. The molecule has 0 radical (unpaired) electrons. The predicted molar refractivity (Wildman–Crippen MR) is 193 cm³/mol. The molecule has 2 aliphatic heterocycles. The molecule has 46 heavy (non-hydrogen) atoms. The van der Waals surface area contributed by atoms with Crippen LogP contribution in [0.4, 0.5) is 11.4 Å². The van der Waals surface area contributed by atoms with E-state index >= 15 is 0 Å². The van der Waals surface area contributed by atoms with Crippen molar-refractivity contribution in [3.8, 4) is 0 Å². The molecule has 9 heteroatoms.